The summed E-state index contributed by atoms with van der Waals surface area (Å²) in [6.45, 7) is 0.455. The Morgan fingerprint density at radius 1 is 0.755 bits per heavy atom. The summed E-state index contributed by atoms with van der Waals surface area (Å²) in [7, 11) is 0. The van der Waals surface area contributed by atoms with Crippen molar-refractivity contribution in [2.45, 2.75) is 19.0 Å². The third-order valence-corrected chi connectivity index (χ3v) is 8.51. The summed E-state index contributed by atoms with van der Waals surface area (Å²) in [4.78, 5) is 48.4. The summed E-state index contributed by atoms with van der Waals surface area (Å²) >= 11 is 0.868. The van der Waals surface area contributed by atoms with E-state index in [0.717, 1.165) is 16.6 Å². The van der Waals surface area contributed by atoms with Gasteiger partial charge in [-0.3, -0.25) is 9.59 Å². The Labute approximate surface area is 301 Å². The van der Waals surface area contributed by atoms with Gasteiger partial charge in [-0.25, -0.2) is 14.7 Å². The fraction of sp³-hybridized carbons (Fsp3) is 0.200. The molecule has 0 aliphatic carbocycles. The first-order valence-electron chi connectivity index (χ1n) is 15.8. The van der Waals surface area contributed by atoms with Crippen molar-refractivity contribution in [1.82, 2.24) is 18.6 Å². The standard InChI is InChI=1S/C35H27F6N7O4S/c36-34(37,38)25-18-26(35(39,40)41)20-27(19-25)43-33(51)47-15-13-46(14-16-47)29-30(45-53-44-29)52-21-22-11-12-42-28(17-22)48(31(49)23-7-3-1-4-8-23)32(50)24-9-5-2-6-10-24/h1-12,17-20H,13-16,21H2,(H,43,51). The lowest BCUT2D eigenvalue weighted by Gasteiger charge is -2.34. The summed E-state index contributed by atoms with van der Waals surface area (Å²) in [6, 6.07) is 19.8. The highest BCUT2D eigenvalue weighted by atomic mass is 32.1. The third kappa shape index (κ3) is 8.71. The van der Waals surface area contributed by atoms with Gasteiger partial charge in [-0.1, -0.05) is 36.4 Å². The number of anilines is 3. The molecule has 53 heavy (non-hydrogen) atoms. The van der Waals surface area contributed by atoms with E-state index in [4.69, 9.17) is 4.74 Å². The van der Waals surface area contributed by atoms with Crippen LogP contribution in [0.3, 0.4) is 0 Å². The Hall–Kier alpha value is -6.04. The van der Waals surface area contributed by atoms with Crippen LogP contribution in [-0.2, 0) is 19.0 Å². The average molecular weight is 756 g/mol. The van der Waals surface area contributed by atoms with Crippen LogP contribution in [0.15, 0.2) is 97.2 Å². The number of nitrogens with zero attached hydrogens (tertiary/aromatic N) is 6. The molecule has 0 radical (unpaired) electrons. The summed E-state index contributed by atoms with van der Waals surface area (Å²) in [5.41, 5.74) is -2.62. The Bertz CT molecular complexity index is 2010. The molecule has 274 valence electrons. The zero-order chi connectivity index (χ0) is 37.8. The lowest BCUT2D eigenvalue weighted by molar-refractivity contribution is -0.143. The Kier molecular flexibility index (Phi) is 10.6. The van der Waals surface area contributed by atoms with Crippen LogP contribution in [0.4, 0.5) is 48.5 Å². The fourth-order valence-corrected chi connectivity index (χ4v) is 5.88. The minimum absolute atomic E-state index is 0.0157. The van der Waals surface area contributed by atoms with Gasteiger partial charge in [-0.2, -0.15) is 30.7 Å². The van der Waals surface area contributed by atoms with Crippen molar-refractivity contribution in [3.8, 4) is 5.88 Å². The monoisotopic (exact) mass is 755 g/mol. The summed E-state index contributed by atoms with van der Waals surface area (Å²) in [5.74, 6) is -0.571. The number of carbonyl (C=O) groups excluding carboxylic acids is 3. The van der Waals surface area contributed by atoms with Crippen LogP contribution in [0, 0.1) is 0 Å². The molecule has 1 fully saturated rings. The number of hydrogen-bond acceptors (Lipinski definition) is 9. The number of piperazine rings is 1. The number of carbonyl (C=O) groups is 3. The van der Waals surface area contributed by atoms with Crippen LogP contribution < -0.4 is 19.9 Å². The first kappa shape index (κ1) is 36.7. The van der Waals surface area contributed by atoms with E-state index in [2.05, 4.69) is 19.0 Å². The van der Waals surface area contributed by atoms with Crippen LogP contribution in [0.25, 0.3) is 0 Å². The van der Waals surface area contributed by atoms with Crippen molar-refractivity contribution in [2.75, 3.05) is 41.3 Å². The minimum atomic E-state index is -5.06. The van der Waals surface area contributed by atoms with Crippen LogP contribution in [0.1, 0.15) is 37.4 Å². The lowest BCUT2D eigenvalue weighted by Crippen LogP contribution is -2.50. The van der Waals surface area contributed by atoms with Crippen LogP contribution in [0.5, 0.6) is 5.88 Å². The van der Waals surface area contributed by atoms with Gasteiger partial charge >= 0.3 is 18.4 Å². The van der Waals surface area contributed by atoms with E-state index in [9.17, 15) is 40.7 Å². The van der Waals surface area contributed by atoms with Crippen molar-refractivity contribution < 1.29 is 45.5 Å². The van der Waals surface area contributed by atoms with E-state index in [1.165, 1.54) is 11.1 Å². The van der Waals surface area contributed by atoms with Gasteiger partial charge in [-0.05, 0) is 60.2 Å². The average Bonchev–Trinajstić information content (AvgIpc) is 3.63. The Balaban J connectivity index is 1.11. The first-order chi connectivity index (χ1) is 25.3. The molecule has 5 aromatic rings. The van der Waals surface area contributed by atoms with E-state index < -0.39 is 47.0 Å². The molecule has 0 bridgehead atoms. The number of ether oxygens (including phenoxy) is 1. The number of halogens is 6. The number of nitrogens with one attached hydrogen (secondary N) is 1. The van der Waals surface area contributed by atoms with Gasteiger partial charge < -0.3 is 19.9 Å². The molecule has 1 aliphatic rings. The highest BCUT2D eigenvalue weighted by Crippen LogP contribution is 2.38. The van der Waals surface area contributed by atoms with Crippen LogP contribution in [0.2, 0.25) is 0 Å². The second kappa shape index (κ2) is 15.3. The third-order valence-electron chi connectivity index (χ3n) is 8.01. The lowest BCUT2D eigenvalue weighted by atomic mass is 10.1. The number of imide groups is 1. The van der Waals surface area contributed by atoms with Crippen molar-refractivity contribution in [2.24, 2.45) is 0 Å². The van der Waals surface area contributed by atoms with Gasteiger partial charge in [-0.15, -0.1) is 4.37 Å². The van der Waals surface area contributed by atoms with Crippen molar-refractivity contribution >= 4 is 46.9 Å². The van der Waals surface area contributed by atoms with Crippen molar-refractivity contribution in [1.29, 1.82) is 0 Å². The highest BCUT2D eigenvalue weighted by Gasteiger charge is 2.37. The molecule has 2 aromatic heterocycles. The number of amides is 4. The molecule has 4 amide bonds. The molecule has 1 aliphatic heterocycles. The minimum Gasteiger partial charge on any atom is -0.470 e. The molecule has 1 saturated heterocycles. The second-order valence-electron chi connectivity index (χ2n) is 11.6. The zero-order valence-corrected chi connectivity index (χ0v) is 28.1. The van der Waals surface area contributed by atoms with Gasteiger partial charge in [0.25, 0.3) is 17.7 Å². The molecule has 3 aromatic carbocycles. The van der Waals surface area contributed by atoms with Gasteiger partial charge in [0.15, 0.2) is 0 Å². The number of urea groups is 1. The van der Waals surface area contributed by atoms with Crippen LogP contribution in [-0.4, -0.2) is 62.7 Å². The van der Waals surface area contributed by atoms with E-state index in [0.29, 0.717) is 23.5 Å². The summed E-state index contributed by atoms with van der Waals surface area (Å²) in [5, 5.41) is 2.15. The predicted octanol–water partition coefficient (Wildman–Crippen LogP) is 7.39. The molecular weight excluding hydrogens is 728 g/mol. The zero-order valence-electron chi connectivity index (χ0n) is 27.3. The topological polar surface area (TPSA) is 121 Å². The van der Waals surface area contributed by atoms with Gasteiger partial charge in [0, 0.05) is 49.2 Å². The molecule has 18 heteroatoms. The van der Waals surface area contributed by atoms with Gasteiger partial charge in [0.2, 0.25) is 5.82 Å². The summed E-state index contributed by atoms with van der Waals surface area (Å²) in [6.07, 6.45) is -8.68. The molecular formula is C35H27F6N7O4S. The Morgan fingerprint density at radius 2 is 1.32 bits per heavy atom. The second-order valence-corrected chi connectivity index (χ2v) is 12.1. The molecule has 0 saturated carbocycles. The van der Waals surface area contributed by atoms with E-state index >= 15 is 0 Å². The molecule has 0 spiro atoms. The number of benzene rings is 3. The molecule has 11 nitrogen and oxygen atoms in total. The normalized spacial score (nSPS) is 13.4. The molecule has 0 unspecified atom stereocenters. The maximum atomic E-state index is 13.6. The van der Waals surface area contributed by atoms with E-state index in [-0.39, 0.29) is 61.7 Å². The highest BCUT2D eigenvalue weighted by molar-refractivity contribution is 6.99. The number of aromatic nitrogens is 3. The van der Waals surface area contributed by atoms with Crippen molar-refractivity contribution in [3.05, 3.63) is 125 Å². The van der Waals surface area contributed by atoms with Crippen molar-refractivity contribution in [3.63, 3.8) is 0 Å². The van der Waals surface area contributed by atoms with Gasteiger partial charge in [0.05, 0.1) is 22.9 Å². The largest absolute Gasteiger partial charge is 0.470 e. The van der Waals surface area contributed by atoms with Crippen LogP contribution >= 0.6 is 11.7 Å². The van der Waals surface area contributed by atoms with E-state index in [1.807, 2.05) is 0 Å². The molecule has 6 rings (SSSR count). The number of pyridine rings is 1. The predicted molar refractivity (Wildman–Crippen MR) is 182 cm³/mol. The number of rotatable bonds is 8. The molecule has 1 N–H and O–H groups in total. The van der Waals surface area contributed by atoms with Gasteiger partial charge in [0.1, 0.15) is 12.4 Å². The maximum Gasteiger partial charge on any atom is 0.416 e. The molecule has 3 heterocycles. The first-order valence-corrected chi connectivity index (χ1v) is 16.5. The number of alkyl halides is 6. The summed E-state index contributed by atoms with van der Waals surface area (Å²) < 4.78 is 94.1. The molecule has 0 atom stereocenters. The smallest absolute Gasteiger partial charge is 0.416 e. The number of hydrogen-bond donors (Lipinski definition) is 1. The SMILES string of the molecule is O=C(Nc1cc(C(F)(F)F)cc(C(F)(F)F)c1)N1CCN(c2nsnc2OCc2ccnc(N(C(=O)c3ccccc3)C(=O)c3ccccc3)c2)CC1. The van der Waals surface area contributed by atoms with E-state index in [1.54, 1.807) is 77.7 Å². The quantitative estimate of drug-likeness (QED) is 0.129. The Morgan fingerprint density at radius 3 is 1.87 bits per heavy atom. The maximum absolute atomic E-state index is 13.6. The fourth-order valence-electron chi connectivity index (χ4n) is 5.36.